The van der Waals surface area contributed by atoms with Crippen LogP contribution in [0.1, 0.15) is 20.3 Å². The zero-order valence-electron chi connectivity index (χ0n) is 10.7. The van der Waals surface area contributed by atoms with Gasteiger partial charge in [-0.25, -0.2) is 4.79 Å². The Morgan fingerprint density at radius 3 is 2.79 bits per heavy atom. The van der Waals surface area contributed by atoms with Gasteiger partial charge in [-0.15, -0.1) is 0 Å². The summed E-state index contributed by atoms with van der Waals surface area (Å²) < 4.78 is 4.91. The molecule has 1 heterocycles. The lowest BCUT2D eigenvalue weighted by molar-refractivity contribution is -0.118. The van der Waals surface area contributed by atoms with E-state index in [0.29, 0.717) is 22.5 Å². The smallest absolute Gasteiger partial charge is 0.408 e. The molecule has 2 rings (SSSR count). The number of nitrogens with one attached hydrogen (secondary N) is 2. The van der Waals surface area contributed by atoms with Crippen molar-refractivity contribution in [1.82, 2.24) is 4.98 Å². The average molecular weight is 264 g/mol. The summed E-state index contributed by atoms with van der Waals surface area (Å²) in [5.74, 6) is -0.947. The number of amides is 1. The van der Waals surface area contributed by atoms with Gasteiger partial charge in [0.05, 0.1) is 16.9 Å². The minimum Gasteiger partial charge on any atom is -0.408 e. The van der Waals surface area contributed by atoms with Crippen LogP contribution in [0.25, 0.3) is 11.1 Å². The molecule has 0 saturated heterocycles. The number of H-pyrrole nitrogens is 1. The fourth-order valence-corrected chi connectivity index (χ4v) is 1.97. The van der Waals surface area contributed by atoms with Crippen LogP contribution < -0.4 is 22.5 Å². The van der Waals surface area contributed by atoms with Crippen molar-refractivity contribution < 1.29 is 9.21 Å². The van der Waals surface area contributed by atoms with Crippen LogP contribution in [-0.4, -0.2) is 16.4 Å². The Bertz CT molecular complexity index is 684. The van der Waals surface area contributed by atoms with Crippen LogP contribution in [0.5, 0.6) is 0 Å². The molecular weight excluding hydrogens is 248 g/mol. The first-order chi connectivity index (χ1) is 8.77. The fourth-order valence-electron chi connectivity index (χ4n) is 1.97. The van der Waals surface area contributed by atoms with E-state index < -0.39 is 17.2 Å². The topological polar surface area (TPSA) is 127 Å². The van der Waals surface area contributed by atoms with Crippen LogP contribution in [0, 0.1) is 0 Å². The van der Waals surface area contributed by atoms with E-state index in [0.717, 1.165) is 0 Å². The number of hydrogen-bond donors (Lipinski definition) is 4. The maximum atomic E-state index is 11.1. The largest absolute Gasteiger partial charge is 0.417 e. The highest BCUT2D eigenvalue weighted by molar-refractivity contribution is 5.85. The normalized spacial score (nSPS) is 11.7. The summed E-state index contributed by atoms with van der Waals surface area (Å²) in [5, 5.41) is 3.13. The minimum atomic E-state index is -0.544. The summed E-state index contributed by atoms with van der Waals surface area (Å²) in [7, 11) is 0. The molecule has 0 saturated carbocycles. The highest BCUT2D eigenvalue weighted by atomic mass is 16.4. The molecule has 0 fully saturated rings. The number of nitrogens with two attached hydrogens (primary N) is 2. The van der Waals surface area contributed by atoms with E-state index >= 15 is 0 Å². The highest BCUT2D eigenvalue weighted by Gasteiger charge is 2.21. The Morgan fingerprint density at radius 1 is 1.47 bits per heavy atom. The third-order valence-corrected chi connectivity index (χ3v) is 2.68. The van der Waals surface area contributed by atoms with Gasteiger partial charge in [0.1, 0.15) is 0 Å². The molecule has 0 bridgehead atoms. The Labute approximate surface area is 109 Å². The third kappa shape index (κ3) is 2.87. The number of oxazole rings is 1. The first kappa shape index (κ1) is 13.0. The lowest BCUT2D eigenvalue weighted by Crippen LogP contribution is -2.36. The Morgan fingerprint density at radius 2 is 2.16 bits per heavy atom. The van der Waals surface area contributed by atoms with Gasteiger partial charge in [-0.3, -0.25) is 9.78 Å². The molecule has 0 aliphatic heterocycles. The van der Waals surface area contributed by atoms with Gasteiger partial charge in [-0.2, -0.15) is 0 Å². The summed E-state index contributed by atoms with van der Waals surface area (Å²) in [6.07, 6.45) is 0.159. The second kappa shape index (κ2) is 4.34. The monoisotopic (exact) mass is 264 g/mol. The van der Waals surface area contributed by atoms with Crippen molar-refractivity contribution >= 4 is 28.4 Å². The van der Waals surface area contributed by atoms with Crippen molar-refractivity contribution in [2.24, 2.45) is 5.73 Å². The predicted octanol–water partition coefficient (Wildman–Crippen LogP) is 0.769. The molecule has 102 valence electrons. The van der Waals surface area contributed by atoms with Crippen LogP contribution in [0.2, 0.25) is 0 Å². The summed E-state index contributed by atoms with van der Waals surface area (Å²) in [6.45, 7) is 3.67. The van der Waals surface area contributed by atoms with Gasteiger partial charge < -0.3 is 21.2 Å². The molecule has 0 spiro atoms. The fraction of sp³-hybridized carbons (Fsp3) is 0.333. The summed E-state index contributed by atoms with van der Waals surface area (Å²) >= 11 is 0. The quantitative estimate of drug-likeness (QED) is 0.606. The highest BCUT2D eigenvalue weighted by Crippen LogP contribution is 2.27. The van der Waals surface area contributed by atoms with Gasteiger partial charge in [-0.1, -0.05) is 0 Å². The molecule has 2 aromatic rings. The molecule has 0 aliphatic rings. The van der Waals surface area contributed by atoms with Gasteiger partial charge in [0.25, 0.3) is 0 Å². The van der Waals surface area contributed by atoms with Gasteiger partial charge in [0.2, 0.25) is 5.91 Å². The van der Waals surface area contributed by atoms with Crippen molar-refractivity contribution in [1.29, 1.82) is 0 Å². The number of hydrogen-bond acceptors (Lipinski definition) is 5. The number of carbonyl (C=O) groups excluding carboxylic acids is 1. The van der Waals surface area contributed by atoms with Crippen molar-refractivity contribution in [3.05, 3.63) is 22.7 Å². The van der Waals surface area contributed by atoms with Crippen LogP contribution in [0.3, 0.4) is 0 Å². The number of nitrogen functional groups attached to an aromatic ring is 1. The SMILES string of the molecule is CC(C)(CC(N)=O)Nc1cc2[nH]c(=O)oc2cc1N. The molecule has 0 aliphatic carbocycles. The van der Waals surface area contributed by atoms with Crippen LogP contribution >= 0.6 is 0 Å². The van der Waals surface area contributed by atoms with Crippen molar-refractivity contribution in [2.75, 3.05) is 11.1 Å². The van der Waals surface area contributed by atoms with Gasteiger partial charge in [0, 0.05) is 18.0 Å². The lowest BCUT2D eigenvalue weighted by atomic mass is 9.99. The number of fused-ring (bicyclic) bond motifs is 1. The molecular formula is C12H16N4O3. The minimum absolute atomic E-state index is 0.159. The number of rotatable bonds is 4. The molecule has 7 heteroatoms. The first-order valence-corrected chi connectivity index (χ1v) is 5.76. The maximum absolute atomic E-state index is 11.1. The Hall–Kier alpha value is -2.44. The van der Waals surface area contributed by atoms with Gasteiger partial charge in [0.15, 0.2) is 5.58 Å². The van der Waals surface area contributed by atoms with E-state index in [1.807, 2.05) is 13.8 Å². The molecule has 0 atom stereocenters. The molecule has 0 unspecified atom stereocenters. The molecule has 19 heavy (non-hydrogen) atoms. The van der Waals surface area contributed by atoms with Crippen LogP contribution in [0.4, 0.5) is 11.4 Å². The Balaban J connectivity index is 2.36. The number of primary amides is 1. The zero-order chi connectivity index (χ0) is 14.2. The summed E-state index contributed by atoms with van der Waals surface area (Å²) in [4.78, 5) is 24.6. The summed E-state index contributed by atoms with van der Waals surface area (Å²) in [6, 6.07) is 3.22. The average Bonchev–Trinajstić information content (AvgIpc) is 2.55. The predicted molar refractivity (Wildman–Crippen MR) is 72.8 cm³/mol. The number of benzene rings is 1. The Kier molecular flexibility index (Phi) is 2.97. The van der Waals surface area contributed by atoms with Crippen LogP contribution in [0.15, 0.2) is 21.3 Å². The lowest BCUT2D eigenvalue weighted by Gasteiger charge is -2.26. The van der Waals surface area contributed by atoms with E-state index in [2.05, 4.69) is 10.3 Å². The second-order valence-corrected chi connectivity index (χ2v) is 5.10. The maximum Gasteiger partial charge on any atom is 0.417 e. The van der Waals surface area contributed by atoms with Gasteiger partial charge >= 0.3 is 5.76 Å². The third-order valence-electron chi connectivity index (χ3n) is 2.68. The summed E-state index contributed by atoms with van der Waals surface area (Å²) in [5.41, 5.74) is 12.5. The number of carbonyl (C=O) groups is 1. The van der Waals surface area contributed by atoms with E-state index in [9.17, 15) is 9.59 Å². The van der Waals surface area contributed by atoms with Crippen molar-refractivity contribution in [3.63, 3.8) is 0 Å². The van der Waals surface area contributed by atoms with E-state index in [-0.39, 0.29) is 6.42 Å². The standard InChI is InChI=1S/C12H16N4O3/c1-12(2,5-10(14)17)16-7-4-8-9(3-6(7)13)19-11(18)15-8/h3-4,16H,5,13H2,1-2H3,(H2,14,17)(H,15,18). The van der Waals surface area contributed by atoms with E-state index in [4.69, 9.17) is 15.9 Å². The number of anilines is 2. The van der Waals surface area contributed by atoms with Gasteiger partial charge in [-0.05, 0) is 19.9 Å². The molecule has 6 N–H and O–H groups in total. The second-order valence-electron chi connectivity index (χ2n) is 5.10. The molecule has 1 amide bonds. The molecule has 1 aromatic carbocycles. The van der Waals surface area contributed by atoms with E-state index in [1.54, 1.807) is 12.1 Å². The molecule has 7 nitrogen and oxygen atoms in total. The van der Waals surface area contributed by atoms with E-state index in [1.165, 1.54) is 0 Å². The first-order valence-electron chi connectivity index (χ1n) is 5.76. The number of aromatic nitrogens is 1. The number of aromatic amines is 1. The zero-order valence-corrected chi connectivity index (χ0v) is 10.7. The molecule has 0 radical (unpaired) electrons. The van der Waals surface area contributed by atoms with Crippen LogP contribution in [-0.2, 0) is 4.79 Å². The van der Waals surface area contributed by atoms with Crippen molar-refractivity contribution in [3.8, 4) is 0 Å². The molecule has 1 aromatic heterocycles. The van der Waals surface area contributed by atoms with Crippen molar-refractivity contribution in [2.45, 2.75) is 25.8 Å².